The number of thiophene rings is 1. The van der Waals surface area contributed by atoms with Crippen molar-refractivity contribution < 1.29 is 38.1 Å². The lowest BCUT2D eigenvalue weighted by Crippen LogP contribution is -2.34. The minimum atomic E-state index is -0.786. The van der Waals surface area contributed by atoms with Crippen molar-refractivity contribution in [3.63, 3.8) is 0 Å². The number of carbonyl (C=O) groups is 4. The zero-order chi connectivity index (χ0) is 26.6. The van der Waals surface area contributed by atoms with E-state index in [1.807, 2.05) is 12.1 Å². The molecule has 0 aliphatic heterocycles. The minimum Gasteiger partial charge on any atom is -0.469 e. The molecule has 0 saturated carbocycles. The highest BCUT2D eigenvalue weighted by Crippen LogP contribution is 2.30. The molecule has 2 amide bonds. The van der Waals surface area contributed by atoms with Crippen molar-refractivity contribution in [1.82, 2.24) is 10.3 Å². The van der Waals surface area contributed by atoms with Gasteiger partial charge >= 0.3 is 18.0 Å². The molecule has 0 spiro atoms. The van der Waals surface area contributed by atoms with Crippen LogP contribution in [-0.2, 0) is 28.6 Å². The number of nitrogens with zero attached hydrogens (tertiary/aromatic N) is 1. The number of alkyl carbamates (subject to hydrolysis) is 1. The summed E-state index contributed by atoms with van der Waals surface area (Å²) >= 11 is 1.38. The number of aromatic nitrogens is 1. The van der Waals surface area contributed by atoms with Crippen LogP contribution in [0.1, 0.15) is 17.9 Å². The number of hydrogen-bond donors (Lipinski definition) is 2. The molecule has 2 aromatic heterocycles. The Bertz CT molecular complexity index is 1230. The summed E-state index contributed by atoms with van der Waals surface area (Å²) in [5.41, 5.74) is 0.597. The second-order valence-electron chi connectivity index (χ2n) is 7.43. The third-order valence-electron chi connectivity index (χ3n) is 4.91. The van der Waals surface area contributed by atoms with Gasteiger partial charge in [0.25, 0.3) is 0 Å². The standard InChI is InChI=1S/C25H25N3O8S/c1-3-10-34-25(32)27-13-19(24(31)28-21-11-17-8-9-26-14-20(17)37-21)16-4-6-18(7-5-16)35-15-36-23(30)12-22(29)33-2/h3-9,11,14,19H,1,10,12-13,15H2,2H3,(H,27,32)(H,28,31). The van der Waals surface area contributed by atoms with Gasteiger partial charge in [0.1, 0.15) is 18.8 Å². The second kappa shape index (κ2) is 13.6. The van der Waals surface area contributed by atoms with E-state index in [1.54, 1.807) is 36.7 Å². The molecule has 0 aliphatic carbocycles. The van der Waals surface area contributed by atoms with Crippen LogP contribution in [0.25, 0.3) is 10.1 Å². The minimum absolute atomic E-state index is 0.0282. The summed E-state index contributed by atoms with van der Waals surface area (Å²) < 4.78 is 20.4. The van der Waals surface area contributed by atoms with Gasteiger partial charge in [-0.2, -0.15) is 0 Å². The van der Waals surface area contributed by atoms with Crippen LogP contribution in [-0.4, -0.2) is 56.0 Å². The molecule has 1 atom stereocenters. The molecular weight excluding hydrogens is 502 g/mol. The lowest BCUT2D eigenvalue weighted by Gasteiger charge is -2.18. The molecule has 2 N–H and O–H groups in total. The van der Waals surface area contributed by atoms with Gasteiger partial charge in [0.05, 0.1) is 22.7 Å². The molecule has 0 saturated heterocycles. The number of anilines is 1. The first kappa shape index (κ1) is 27.1. The Labute approximate surface area is 216 Å². The predicted molar refractivity (Wildman–Crippen MR) is 135 cm³/mol. The van der Waals surface area contributed by atoms with E-state index < -0.39 is 37.2 Å². The van der Waals surface area contributed by atoms with Crippen molar-refractivity contribution in [1.29, 1.82) is 0 Å². The van der Waals surface area contributed by atoms with Crippen LogP contribution in [0.15, 0.2) is 61.4 Å². The molecule has 37 heavy (non-hydrogen) atoms. The fourth-order valence-electron chi connectivity index (χ4n) is 3.09. The summed E-state index contributed by atoms with van der Waals surface area (Å²) in [6, 6.07) is 10.2. The van der Waals surface area contributed by atoms with Crippen LogP contribution in [0.2, 0.25) is 0 Å². The molecule has 12 heteroatoms. The summed E-state index contributed by atoms with van der Waals surface area (Å²) in [6.07, 6.45) is 3.63. The molecule has 2 heterocycles. The highest BCUT2D eigenvalue weighted by Gasteiger charge is 2.23. The van der Waals surface area contributed by atoms with E-state index in [0.29, 0.717) is 16.3 Å². The Morgan fingerprint density at radius 3 is 2.59 bits per heavy atom. The molecule has 0 bridgehead atoms. The van der Waals surface area contributed by atoms with Gasteiger partial charge in [-0.25, -0.2) is 4.79 Å². The Morgan fingerprint density at radius 2 is 1.89 bits per heavy atom. The van der Waals surface area contributed by atoms with Crippen LogP contribution < -0.4 is 15.4 Å². The zero-order valence-electron chi connectivity index (χ0n) is 19.9. The lowest BCUT2D eigenvalue weighted by molar-refractivity contribution is -0.157. The highest BCUT2D eigenvalue weighted by molar-refractivity contribution is 7.22. The van der Waals surface area contributed by atoms with Gasteiger partial charge in [-0.3, -0.25) is 19.4 Å². The molecule has 194 valence electrons. The number of hydrogen-bond acceptors (Lipinski definition) is 10. The smallest absolute Gasteiger partial charge is 0.407 e. The van der Waals surface area contributed by atoms with Crippen LogP contribution in [0, 0.1) is 0 Å². The first-order chi connectivity index (χ1) is 17.9. The summed E-state index contributed by atoms with van der Waals surface area (Å²) in [5.74, 6) is -2.23. The average Bonchev–Trinajstić information content (AvgIpc) is 3.30. The zero-order valence-corrected chi connectivity index (χ0v) is 20.7. The monoisotopic (exact) mass is 527 g/mol. The van der Waals surface area contributed by atoms with Crippen LogP contribution >= 0.6 is 11.3 Å². The Balaban J connectivity index is 1.66. The topological polar surface area (TPSA) is 142 Å². The lowest BCUT2D eigenvalue weighted by atomic mass is 9.98. The molecule has 11 nitrogen and oxygen atoms in total. The van der Waals surface area contributed by atoms with Gasteiger partial charge in [0.15, 0.2) is 0 Å². The van der Waals surface area contributed by atoms with Crippen molar-refractivity contribution in [2.75, 3.05) is 32.4 Å². The fraction of sp³-hybridized carbons (Fsp3) is 0.240. The third-order valence-corrected chi connectivity index (χ3v) is 5.91. The number of ether oxygens (including phenoxy) is 4. The third kappa shape index (κ3) is 8.32. The SMILES string of the molecule is C=CCOC(=O)NCC(C(=O)Nc1cc2ccncc2s1)c1ccc(OCOC(=O)CC(=O)OC)cc1. The normalized spacial score (nSPS) is 11.2. The van der Waals surface area contributed by atoms with E-state index in [2.05, 4.69) is 26.9 Å². The Kier molecular flexibility index (Phi) is 9.97. The van der Waals surface area contributed by atoms with E-state index in [0.717, 1.165) is 10.1 Å². The van der Waals surface area contributed by atoms with E-state index >= 15 is 0 Å². The van der Waals surface area contributed by atoms with Crippen LogP contribution in [0.4, 0.5) is 9.80 Å². The fourth-order valence-corrected chi connectivity index (χ4v) is 4.02. The summed E-state index contributed by atoms with van der Waals surface area (Å²) in [7, 11) is 1.17. The summed E-state index contributed by atoms with van der Waals surface area (Å²) in [6.45, 7) is 3.09. The molecule has 3 rings (SSSR count). The van der Waals surface area contributed by atoms with Crippen LogP contribution in [0.5, 0.6) is 5.75 Å². The number of rotatable bonds is 12. The molecule has 3 aromatic rings. The van der Waals surface area contributed by atoms with Crippen molar-refractivity contribution >= 4 is 50.4 Å². The number of pyridine rings is 1. The highest BCUT2D eigenvalue weighted by atomic mass is 32.1. The van der Waals surface area contributed by atoms with Gasteiger partial charge in [0.2, 0.25) is 12.7 Å². The van der Waals surface area contributed by atoms with Gasteiger partial charge in [-0.05, 0) is 35.2 Å². The van der Waals surface area contributed by atoms with Crippen molar-refractivity contribution in [2.24, 2.45) is 0 Å². The number of esters is 2. The molecule has 0 fully saturated rings. The average molecular weight is 528 g/mol. The first-order valence-electron chi connectivity index (χ1n) is 11.0. The van der Waals surface area contributed by atoms with E-state index in [1.165, 1.54) is 24.5 Å². The van der Waals surface area contributed by atoms with E-state index in [9.17, 15) is 19.2 Å². The maximum absolute atomic E-state index is 13.2. The number of benzene rings is 1. The van der Waals surface area contributed by atoms with Gasteiger partial charge in [-0.15, -0.1) is 11.3 Å². The van der Waals surface area contributed by atoms with E-state index in [4.69, 9.17) is 14.2 Å². The van der Waals surface area contributed by atoms with Gasteiger partial charge in [0, 0.05) is 18.9 Å². The number of methoxy groups -OCH3 is 1. The number of nitrogens with one attached hydrogen (secondary N) is 2. The predicted octanol–water partition coefficient (Wildman–Crippen LogP) is 3.37. The van der Waals surface area contributed by atoms with Crippen molar-refractivity contribution in [3.05, 3.63) is 67.0 Å². The van der Waals surface area contributed by atoms with Crippen LogP contribution in [0.3, 0.4) is 0 Å². The maximum atomic E-state index is 13.2. The molecule has 1 aromatic carbocycles. The number of amides is 2. The Hall–Kier alpha value is -4.45. The second-order valence-corrected chi connectivity index (χ2v) is 8.52. The molecular formula is C25H25N3O8S. The van der Waals surface area contributed by atoms with Gasteiger partial charge in [-0.1, -0.05) is 24.8 Å². The molecule has 1 unspecified atom stereocenters. The molecule has 0 radical (unpaired) electrons. The van der Waals surface area contributed by atoms with E-state index in [-0.39, 0.29) is 19.1 Å². The Morgan fingerprint density at radius 1 is 1.11 bits per heavy atom. The van der Waals surface area contributed by atoms with Crippen molar-refractivity contribution in [2.45, 2.75) is 12.3 Å². The summed E-state index contributed by atoms with van der Waals surface area (Å²) in [5, 5.41) is 7.07. The van der Waals surface area contributed by atoms with Gasteiger partial charge < -0.3 is 29.6 Å². The largest absolute Gasteiger partial charge is 0.469 e. The quantitative estimate of drug-likeness (QED) is 0.119. The summed E-state index contributed by atoms with van der Waals surface area (Å²) in [4.78, 5) is 51.8. The first-order valence-corrected chi connectivity index (χ1v) is 11.8. The molecule has 0 aliphatic rings. The number of carbonyl (C=O) groups excluding carboxylic acids is 4. The number of fused-ring (bicyclic) bond motifs is 1. The maximum Gasteiger partial charge on any atom is 0.407 e. The van der Waals surface area contributed by atoms with Crippen molar-refractivity contribution in [3.8, 4) is 5.75 Å².